The number of anilines is 1. The van der Waals surface area contributed by atoms with Crippen molar-refractivity contribution in [1.29, 1.82) is 0 Å². The van der Waals surface area contributed by atoms with Crippen LogP contribution in [-0.2, 0) is 6.54 Å². The van der Waals surface area contributed by atoms with Gasteiger partial charge in [-0.05, 0) is 37.0 Å². The molecule has 2 aromatic rings. The fourth-order valence-electron chi connectivity index (χ4n) is 2.95. The summed E-state index contributed by atoms with van der Waals surface area (Å²) in [5, 5.41) is 12.8. The van der Waals surface area contributed by atoms with E-state index in [0.29, 0.717) is 0 Å². The lowest BCUT2D eigenvalue weighted by molar-refractivity contribution is 0.318. The lowest BCUT2D eigenvalue weighted by atomic mass is 10.0. The second-order valence-corrected chi connectivity index (χ2v) is 5.52. The summed E-state index contributed by atoms with van der Waals surface area (Å²) in [6.07, 6.45) is 1.82. The summed E-state index contributed by atoms with van der Waals surface area (Å²) in [6, 6.07) is 16.7. The minimum absolute atomic E-state index is 0.790. The van der Waals surface area contributed by atoms with Gasteiger partial charge in [-0.25, -0.2) is 0 Å². The smallest absolute Gasteiger partial charge is 0.0889 e. The molecule has 1 N–H and O–H groups in total. The quantitative estimate of drug-likeness (QED) is 0.667. The lowest BCUT2D eigenvalue weighted by Crippen LogP contribution is -2.24. The highest BCUT2D eigenvalue weighted by atomic mass is 16.4. The van der Waals surface area contributed by atoms with E-state index < -0.39 is 0 Å². The number of oxime groups is 1. The second kappa shape index (κ2) is 6.00. The molecule has 0 unspecified atom stereocenters. The van der Waals surface area contributed by atoms with E-state index in [1.807, 2.05) is 18.2 Å². The lowest BCUT2D eigenvalue weighted by Gasteiger charge is -2.25. The summed E-state index contributed by atoms with van der Waals surface area (Å²) in [7, 11) is 0. The molecule has 0 fully saturated rings. The summed E-state index contributed by atoms with van der Waals surface area (Å²) < 4.78 is 0. The summed E-state index contributed by atoms with van der Waals surface area (Å²) >= 11 is 0. The maximum Gasteiger partial charge on any atom is 0.0889 e. The largest absolute Gasteiger partial charge is 0.411 e. The Morgan fingerprint density at radius 3 is 2.67 bits per heavy atom. The average Bonchev–Trinajstić information content (AvgIpc) is 2.69. The predicted octanol–water partition coefficient (Wildman–Crippen LogP) is 3.97. The highest BCUT2D eigenvalue weighted by molar-refractivity contribution is 6.05. The Morgan fingerprint density at radius 1 is 1.10 bits per heavy atom. The van der Waals surface area contributed by atoms with E-state index in [1.165, 1.54) is 11.1 Å². The standard InChI is InChI=1S/C18H20N2O/c1-14-7-2-3-8-15(14)13-20-12-6-10-17(19-21)16-9-4-5-11-18(16)20/h2-5,7-9,11,21H,6,10,12-13H2,1H3/b19-17-. The van der Waals surface area contributed by atoms with Crippen molar-refractivity contribution in [2.24, 2.45) is 5.16 Å². The van der Waals surface area contributed by atoms with Crippen molar-refractivity contribution in [2.45, 2.75) is 26.3 Å². The molecule has 108 valence electrons. The number of para-hydroxylation sites is 1. The van der Waals surface area contributed by atoms with Crippen LogP contribution in [0.5, 0.6) is 0 Å². The monoisotopic (exact) mass is 280 g/mol. The van der Waals surface area contributed by atoms with E-state index in [2.05, 4.69) is 47.3 Å². The molecular weight excluding hydrogens is 260 g/mol. The molecule has 1 aliphatic heterocycles. The Hall–Kier alpha value is -2.29. The molecule has 0 amide bonds. The van der Waals surface area contributed by atoms with Gasteiger partial charge in [0.2, 0.25) is 0 Å². The first-order valence-electron chi connectivity index (χ1n) is 7.39. The number of benzene rings is 2. The SMILES string of the molecule is Cc1ccccc1CN1CCC/C(=N/O)c2ccccc21. The molecule has 2 aromatic carbocycles. The number of fused-ring (bicyclic) bond motifs is 1. The van der Waals surface area contributed by atoms with Crippen molar-refractivity contribution in [2.75, 3.05) is 11.4 Å². The predicted molar refractivity (Wildman–Crippen MR) is 86.2 cm³/mol. The van der Waals surface area contributed by atoms with E-state index >= 15 is 0 Å². The Morgan fingerprint density at radius 2 is 1.86 bits per heavy atom. The zero-order valence-electron chi connectivity index (χ0n) is 12.3. The highest BCUT2D eigenvalue weighted by Gasteiger charge is 2.19. The van der Waals surface area contributed by atoms with Crippen LogP contribution in [-0.4, -0.2) is 17.5 Å². The summed E-state index contributed by atoms with van der Waals surface area (Å²) in [5.41, 5.74) is 5.65. The van der Waals surface area contributed by atoms with Crippen molar-refractivity contribution < 1.29 is 5.21 Å². The van der Waals surface area contributed by atoms with Crippen LogP contribution in [0.1, 0.15) is 29.5 Å². The number of hydrogen-bond donors (Lipinski definition) is 1. The van der Waals surface area contributed by atoms with Crippen LogP contribution in [0.2, 0.25) is 0 Å². The minimum atomic E-state index is 0.790. The van der Waals surface area contributed by atoms with Crippen LogP contribution >= 0.6 is 0 Å². The second-order valence-electron chi connectivity index (χ2n) is 5.52. The number of rotatable bonds is 2. The fourth-order valence-corrected chi connectivity index (χ4v) is 2.95. The Kier molecular flexibility index (Phi) is 3.91. The topological polar surface area (TPSA) is 35.8 Å². The summed E-state index contributed by atoms with van der Waals surface area (Å²) in [6.45, 7) is 4.02. The van der Waals surface area contributed by atoms with Gasteiger partial charge in [-0.15, -0.1) is 0 Å². The molecule has 0 aromatic heterocycles. The van der Waals surface area contributed by atoms with Crippen LogP contribution in [0.15, 0.2) is 53.7 Å². The van der Waals surface area contributed by atoms with Crippen LogP contribution in [0, 0.1) is 6.92 Å². The maximum atomic E-state index is 9.25. The molecule has 3 rings (SSSR count). The summed E-state index contributed by atoms with van der Waals surface area (Å²) in [5.74, 6) is 0. The first kappa shape index (κ1) is 13.7. The minimum Gasteiger partial charge on any atom is -0.411 e. The Balaban J connectivity index is 1.97. The molecule has 3 heteroatoms. The van der Waals surface area contributed by atoms with Crippen LogP contribution < -0.4 is 4.90 Å². The Labute approximate surface area is 125 Å². The summed E-state index contributed by atoms with van der Waals surface area (Å²) in [4.78, 5) is 2.38. The molecule has 0 radical (unpaired) electrons. The van der Waals surface area contributed by atoms with Gasteiger partial charge in [-0.2, -0.15) is 0 Å². The van der Waals surface area contributed by atoms with Gasteiger partial charge in [0.15, 0.2) is 0 Å². The first-order chi connectivity index (χ1) is 10.3. The van der Waals surface area contributed by atoms with Gasteiger partial charge in [0.1, 0.15) is 0 Å². The maximum absolute atomic E-state index is 9.25. The molecule has 21 heavy (non-hydrogen) atoms. The average molecular weight is 280 g/mol. The molecule has 0 spiro atoms. The molecule has 0 saturated carbocycles. The third-order valence-electron chi connectivity index (χ3n) is 4.14. The van der Waals surface area contributed by atoms with Gasteiger partial charge < -0.3 is 10.1 Å². The molecule has 1 heterocycles. The van der Waals surface area contributed by atoms with E-state index in [4.69, 9.17) is 0 Å². The Bertz CT molecular complexity index is 664. The third-order valence-corrected chi connectivity index (χ3v) is 4.14. The van der Waals surface area contributed by atoms with Gasteiger partial charge in [-0.1, -0.05) is 47.6 Å². The number of aryl methyl sites for hydroxylation is 1. The van der Waals surface area contributed by atoms with Gasteiger partial charge >= 0.3 is 0 Å². The van der Waals surface area contributed by atoms with Crippen LogP contribution in [0.3, 0.4) is 0 Å². The van der Waals surface area contributed by atoms with Crippen molar-refractivity contribution in [3.05, 3.63) is 65.2 Å². The van der Waals surface area contributed by atoms with E-state index in [9.17, 15) is 5.21 Å². The third kappa shape index (κ3) is 2.77. The van der Waals surface area contributed by atoms with Gasteiger partial charge in [0.25, 0.3) is 0 Å². The number of hydrogen-bond acceptors (Lipinski definition) is 3. The molecule has 0 aliphatic carbocycles. The van der Waals surface area contributed by atoms with Gasteiger partial charge in [-0.3, -0.25) is 0 Å². The van der Waals surface area contributed by atoms with Crippen LogP contribution in [0.4, 0.5) is 5.69 Å². The van der Waals surface area contributed by atoms with E-state index in [0.717, 1.165) is 42.9 Å². The van der Waals surface area contributed by atoms with Gasteiger partial charge in [0, 0.05) is 24.3 Å². The molecule has 0 atom stereocenters. The number of nitrogens with zero attached hydrogens (tertiary/aromatic N) is 2. The zero-order chi connectivity index (χ0) is 14.7. The fraction of sp³-hybridized carbons (Fsp3) is 0.278. The molecule has 1 aliphatic rings. The molecule has 3 nitrogen and oxygen atoms in total. The van der Waals surface area contributed by atoms with Crippen molar-refractivity contribution in [1.82, 2.24) is 0 Å². The van der Waals surface area contributed by atoms with Crippen molar-refractivity contribution >= 4 is 11.4 Å². The zero-order valence-corrected chi connectivity index (χ0v) is 12.3. The molecular formula is C18H20N2O. The van der Waals surface area contributed by atoms with Gasteiger partial charge in [0.05, 0.1) is 5.71 Å². The van der Waals surface area contributed by atoms with Crippen molar-refractivity contribution in [3.8, 4) is 0 Å². The van der Waals surface area contributed by atoms with Crippen LogP contribution in [0.25, 0.3) is 0 Å². The first-order valence-corrected chi connectivity index (χ1v) is 7.39. The van der Waals surface area contributed by atoms with Crippen molar-refractivity contribution in [3.63, 3.8) is 0 Å². The normalized spacial score (nSPS) is 16.6. The molecule has 0 saturated heterocycles. The van der Waals surface area contributed by atoms with E-state index in [-0.39, 0.29) is 0 Å². The highest BCUT2D eigenvalue weighted by Crippen LogP contribution is 2.28. The van der Waals surface area contributed by atoms with E-state index in [1.54, 1.807) is 0 Å². The molecule has 0 bridgehead atoms.